The Bertz CT molecular complexity index is 557. The summed E-state index contributed by atoms with van der Waals surface area (Å²) < 4.78 is 16.2. The number of rotatable bonds is 7. The Hall–Kier alpha value is -2.12. The summed E-state index contributed by atoms with van der Waals surface area (Å²) in [5.41, 5.74) is 0.494. The van der Waals surface area contributed by atoms with Gasteiger partial charge in [-0.3, -0.25) is 4.79 Å². The highest BCUT2D eigenvalue weighted by Crippen LogP contribution is 2.16. The maximum atomic E-state index is 12.4. The molecule has 1 aromatic rings. The normalized spacial score (nSPS) is 20.6. The molecule has 7 heteroatoms. The summed E-state index contributed by atoms with van der Waals surface area (Å²) in [5.74, 6) is -0.594. The van der Waals surface area contributed by atoms with Crippen molar-refractivity contribution in [2.45, 2.75) is 38.5 Å². The molecule has 1 aliphatic heterocycles. The highest BCUT2D eigenvalue weighted by Gasteiger charge is 2.28. The Kier molecular flexibility index (Phi) is 6.57. The van der Waals surface area contributed by atoms with Gasteiger partial charge >= 0.3 is 5.97 Å². The van der Waals surface area contributed by atoms with Crippen molar-refractivity contribution in [2.24, 2.45) is 0 Å². The Balaban J connectivity index is 1.94. The van der Waals surface area contributed by atoms with Crippen molar-refractivity contribution in [3.63, 3.8) is 0 Å². The Morgan fingerprint density at radius 1 is 1.33 bits per heavy atom. The molecule has 7 nitrogen and oxygen atoms in total. The van der Waals surface area contributed by atoms with E-state index >= 15 is 0 Å². The fourth-order valence-electron chi connectivity index (χ4n) is 2.44. The predicted molar refractivity (Wildman–Crippen MR) is 86.3 cm³/mol. The number of hydrogen-bond acceptors (Lipinski definition) is 5. The molecule has 0 saturated carbocycles. The van der Waals surface area contributed by atoms with Crippen LogP contribution in [0.1, 0.15) is 30.6 Å². The molecule has 0 unspecified atom stereocenters. The van der Waals surface area contributed by atoms with Crippen molar-refractivity contribution in [1.29, 1.82) is 0 Å². The minimum Gasteiger partial charge on any atom is -0.491 e. The van der Waals surface area contributed by atoms with Crippen molar-refractivity contribution >= 4 is 11.9 Å². The van der Waals surface area contributed by atoms with Gasteiger partial charge in [0.2, 0.25) is 0 Å². The first-order chi connectivity index (χ1) is 11.5. The average molecular weight is 337 g/mol. The third-order valence-corrected chi connectivity index (χ3v) is 3.52. The van der Waals surface area contributed by atoms with Crippen molar-refractivity contribution in [2.75, 3.05) is 19.8 Å². The van der Waals surface area contributed by atoms with Crippen LogP contribution in [0.25, 0.3) is 0 Å². The number of ether oxygens (including phenoxy) is 3. The van der Waals surface area contributed by atoms with E-state index in [1.54, 1.807) is 24.3 Å². The van der Waals surface area contributed by atoms with E-state index in [1.807, 2.05) is 13.8 Å². The largest absolute Gasteiger partial charge is 0.491 e. The van der Waals surface area contributed by atoms with Crippen molar-refractivity contribution in [3.8, 4) is 5.75 Å². The highest BCUT2D eigenvalue weighted by molar-refractivity contribution is 5.94. The van der Waals surface area contributed by atoms with Gasteiger partial charge in [-0.1, -0.05) is 0 Å². The highest BCUT2D eigenvalue weighted by atomic mass is 16.5. The summed E-state index contributed by atoms with van der Waals surface area (Å²) in [4.78, 5) is 23.0. The standard InChI is InChI=1S/C17H23NO6/c1-11(2)24-13-5-3-12(4-6-13)17(21)18-14-9-22-8-7-15(14)23-10-16(19)20/h3-6,11,14-15H,7-10H2,1-2H3,(H,18,21)(H,19,20)/t14-,15+/m1/s1. The maximum absolute atomic E-state index is 12.4. The fourth-order valence-corrected chi connectivity index (χ4v) is 2.44. The number of aliphatic carboxylic acids is 1. The zero-order chi connectivity index (χ0) is 17.5. The molecule has 1 aliphatic rings. The van der Waals surface area contributed by atoms with Gasteiger partial charge in [-0.05, 0) is 44.5 Å². The molecule has 0 aromatic heterocycles. The Morgan fingerprint density at radius 3 is 2.67 bits per heavy atom. The van der Waals surface area contributed by atoms with Crippen LogP contribution in [0.4, 0.5) is 0 Å². The first-order valence-electron chi connectivity index (χ1n) is 7.94. The summed E-state index contributed by atoms with van der Waals surface area (Å²) in [7, 11) is 0. The van der Waals surface area contributed by atoms with Crippen molar-refractivity contribution < 1.29 is 28.9 Å². The van der Waals surface area contributed by atoms with Crippen molar-refractivity contribution in [3.05, 3.63) is 29.8 Å². The van der Waals surface area contributed by atoms with Crippen LogP contribution < -0.4 is 10.1 Å². The smallest absolute Gasteiger partial charge is 0.329 e. The first kappa shape index (κ1) is 18.2. The van der Waals surface area contributed by atoms with Gasteiger partial charge in [0, 0.05) is 12.2 Å². The molecule has 0 aliphatic carbocycles. The summed E-state index contributed by atoms with van der Waals surface area (Å²) in [6, 6.07) is 6.47. The summed E-state index contributed by atoms with van der Waals surface area (Å²) in [6.45, 7) is 4.25. The van der Waals surface area contributed by atoms with E-state index in [4.69, 9.17) is 19.3 Å². The van der Waals surface area contributed by atoms with E-state index in [0.29, 0.717) is 30.9 Å². The molecule has 0 radical (unpaired) electrons. The maximum Gasteiger partial charge on any atom is 0.329 e. The summed E-state index contributed by atoms with van der Waals surface area (Å²) in [5, 5.41) is 11.6. The second-order valence-corrected chi connectivity index (χ2v) is 5.88. The molecule has 1 saturated heterocycles. The quantitative estimate of drug-likeness (QED) is 0.782. The zero-order valence-electron chi connectivity index (χ0n) is 13.9. The number of carbonyl (C=O) groups is 2. The van der Waals surface area contributed by atoms with Gasteiger partial charge in [0.05, 0.1) is 24.9 Å². The van der Waals surface area contributed by atoms with Gasteiger partial charge in [-0.15, -0.1) is 0 Å². The SMILES string of the molecule is CC(C)Oc1ccc(C(=O)N[C@@H]2COCC[C@@H]2OCC(=O)O)cc1. The number of carbonyl (C=O) groups excluding carboxylic acids is 1. The molecule has 0 spiro atoms. The molecular formula is C17H23NO6. The number of amides is 1. The lowest BCUT2D eigenvalue weighted by molar-refractivity contribution is -0.147. The molecule has 1 amide bonds. The van der Waals surface area contributed by atoms with E-state index in [1.165, 1.54) is 0 Å². The number of hydrogen-bond donors (Lipinski definition) is 2. The molecular weight excluding hydrogens is 314 g/mol. The van der Waals surface area contributed by atoms with Crippen LogP contribution in [0.3, 0.4) is 0 Å². The molecule has 0 bridgehead atoms. The predicted octanol–water partition coefficient (Wildman–Crippen LogP) is 1.46. The average Bonchev–Trinajstić information content (AvgIpc) is 2.54. The summed E-state index contributed by atoms with van der Waals surface area (Å²) >= 11 is 0. The minimum absolute atomic E-state index is 0.0659. The van der Waals surface area contributed by atoms with Crippen molar-refractivity contribution in [1.82, 2.24) is 5.32 Å². The second kappa shape index (κ2) is 8.65. The molecule has 24 heavy (non-hydrogen) atoms. The van der Waals surface area contributed by atoms with Gasteiger partial charge in [-0.2, -0.15) is 0 Å². The minimum atomic E-state index is -1.03. The van der Waals surface area contributed by atoms with Crippen LogP contribution in [-0.2, 0) is 14.3 Å². The molecule has 1 fully saturated rings. The van der Waals surface area contributed by atoms with Gasteiger partial charge < -0.3 is 24.6 Å². The lowest BCUT2D eigenvalue weighted by Crippen LogP contribution is -2.51. The van der Waals surface area contributed by atoms with E-state index in [-0.39, 0.29) is 24.2 Å². The Morgan fingerprint density at radius 2 is 2.04 bits per heavy atom. The van der Waals surface area contributed by atoms with Gasteiger partial charge in [0.25, 0.3) is 5.91 Å². The van der Waals surface area contributed by atoms with E-state index < -0.39 is 12.6 Å². The number of carboxylic acid groups (broad SMARTS) is 1. The van der Waals surface area contributed by atoms with Crippen LogP contribution in [0.5, 0.6) is 5.75 Å². The van der Waals surface area contributed by atoms with E-state index in [2.05, 4.69) is 5.32 Å². The van der Waals surface area contributed by atoms with Gasteiger partial charge in [-0.25, -0.2) is 4.79 Å². The van der Waals surface area contributed by atoms with Gasteiger partial charge in [0.15, 0.2) is 0 Å². The summed E-state index contributed by atoms with van der Waals surface area (Å²) in [6.07, 6.45) is 0.234. The van der Waals surface area contributed by atoms with Crippen LogP contribution in [0, 0.1) is 0 Å². The molecule has 2 N–H and O–H groups in total. The molecule has 2 rings (SSSR count). The zero-order valence-corrected chi connectivity index (χ0v) is 13.9. The first-order valence-corrected chi connectivity index (χ1v) is 7.94. The lowest BCUT2D eigenvalue weighted by atomic mass is 10.1. The molecule has 1 aromatic carbocycles. The van der Waals surface area contributed by atoms with Gasteiger partial charge in [0.1, 0.15) is 12.4 Å². The Labute approximate surface area is 140 Å². The lowest BCUT2D eigenvalue weighted by Gasteiger charge is -2.31. The van der Waals surface area contributed by atoms with Crippen LogP contribution in [0.2, 0.25) is 0 Å². The molecule has 1 heterocycles. The number of benzene rings is 1. The molecule has 2 atom stereocenters. The second-order valence-electron chi connectivity index (χ2n) is 5.88. The van der Waals surface area contributed by atoms with E-state index in [0.717, 1.165) is 0 Å². The third-order valence-electron chi connectivity index (χ3n) is 3.52. The van der Waals surface area contributed by atoms with Crippen LogP contribution in [-0.4, -0.2) is 55.1 Å². The third kappa shape index (κ3) is 5.50. The topological polar surface area (TPSA) is 94.1 Å². The molecule has 132 valence electrons. The van der Waals surface area contributed by atoms with Crippen LogP contribution >= 0.6 is 0 Å². The number of nitrogens with one attached hydrogen (secondary N) is 1. The monoisotopic (exact) mass is 337 g/mol. The fraction of sp³-hybridized carbons (Fsp3) is 0.529. The number of carboxylic acids is 1. The van der Waals surface area contributed by atoms with E-state index in [9.17, 15) is 9.59 Å². The van der Waals surface area contributed by atoms with Crippen LogP contribution in [0.15, 0.2) is 24.3 Å².